The van der Waals surface area contributed by atoms with E-state index >= 15 is 0 Å². The number of aromatic amines is 2. The van der Waals surface area contributed by atoms with Crippen molar-refractivity contribution in [1.82, 2.24) is 20.2 Å². The second kappa shape index (κ2) is 5.52. The van der Waals surface area contributed by atoms with E-state index in [0.717, 1.165) is 0 Å². The Bertz CT molecular complexity index is 572. The second-order valence-electron chi connectivity index (χ2n) is 5.51. The summed E-state index contributed by atoms with van der Waals surface area (Å²) in [6.45, 7) is 6.57. The van der Waals surface area contributed by atoms with Gasteiger partial charge in [0, 0.05) is 18.8 Å². The van der Waals surface area contributed by atoms with Crippen LogP contribution >= 0.6 is 0 Å². The molecule has 110 valence electrons. The highest BCUT2D eigenvalue weighted by Gasteiger charge is 2.34. The zero-order chi connectivity index (χ0) is 14.9. The molecule has 1 aliphatic heterocycles. The Kier molecular flexibility index (Phi) is 3.96. The van der Waals surface area contributed by atoms with Crippen LogP contribution in [-0.2, 0) is 4.79 Å². The van der Waals surface area contributed by atoms with Crippen molar-refractivity contribution >= 4 is 11.8 Å². The van der Waals surface area contributed by atoms with Gasteiger partial charge in [0.15, 0.2) is 0 Å². The van der Waals surface area contributed by atoms with Crippen molar-refractivity contribution < 1.29 is 9.59 Å². The molecule has 0 aliphatic carbocycles. The topological polar surface area (TPSA) is 98.1 Å². The minimum absolute atomic E-state index is 0.131. The summed E-state index contributed by atoms with van der Waals surface area (Å²) in [4.78, 5) is 42.3. The largest absolute Gasteiger partial charge is 0.353 e. The molecule has 2 amide bonds. The van der Waals surface area contributed by atoms with Gasteiger partial charge >= 0.3 is 5.69 Å². The molecule has 3 N–H and O–H groups in total. The normalized spacial score (nSPS) is 19.3. The number of aryl methyl sites for hydroxylation is 1. The molecule has 20 heavy (non-hydrogen) atoms. The molecule has 7 heteroatoms. The summed E-state index contributed by atoms with van der Waals surface area (Å²) in [7, 11) is 0. The quantitative estimate of drug-likeness (QED) is 0.726. The first kappa shape index (κ1) is 14.4. The van der Waals surface area contributed by atoms with Gasteiger partial charge in [-0.2, -0.15) is 0 Å². The molecule has 0 aromatic carbocycles. The Morgan fingerprint density at radius 3 is 2.60 bits per heavy atom. The molecular weight excluding hydrogens is 260 g/mol. The van der Waals surface area contributed by atoms with Gasteiger partial charge in [0.1, 0.15) is 11.7 Å². The van der Waals surface area contributed by atoms with E-state index in [-0.39, 0.29) is 17.5 Å². The number of aromatic nitrogens is 2. The minimum Gasteiger partial charge on any atom is -0.353 e. The zero-order valence-corrected chi connectivity index (χ0v) is 11.9. The van der Waals surface area contributed by atoms with E-state index in [1.807, 2.05) is 13.8 Å². The fraction of sp³-hybridized carbons (Fsp3) is 0.615. The lowest BCUT2D eigenvalue weighted by molar-refractivity contribution is -0.128. The number of carbonyl (C=O) groups is 2. The number of piperazine rings is 1. The monoisotopic (exact) mass is 280 g/mol. The number of hydrogen-bond donors (Lipinski definition) is 3. The number of carbonyl (C=O) groups excluding carboxylic acids is 2. The number of nitrogens with one attached hydrogen (secondary N) is 3. The van der Waals surface area contributed by atoms with Crippen LogP contribution in [0.2, 0.25) is 0 Å². The first-order chi connectivity index (χ1) is 9.40. The highest BCUT2D eigenvalue weighted by Crippen LogP contribution is 2.17. The highest BCUT2D eigenvalue weighted by atomic mass is 16.2. The van der Waals surface area contributed by atoms with E-state index in [1.165, 1.54) is 0 Å². The molecule has 1 aromatic rings. The van der Waals surface area contributed by atoms with E-state index in [1.54, 1.807) is 11.8 Å². The smallest absolute Gasteiger partial charge is 0.323 e. The van der Waals surface area contributed by atoms with Crippen molar-refractivity contribution in [3.8, 4) is 0 Å². The summed E-state index contributed by atoms with van der Waals surface area (Å²) < 4.78 is 0. The van der Waals surface area contributed by atoms with E-state index in [9.17, 15) is 14.4 Å². The predicted octanol–water partition coefficient (Wildman–Crippen LogP) is -0.00188. The van der Waals surface area contributed by atoms with Gasteiger partial charge in [0.05, 0.1) is 0 Å². The van der Waals surface area contributed by atoms with Gasteiger partial charge in [-0.15, -0.1) is 0 Å². The third-order valence-corrected chi connectivity index (χ3v) is 3.41. The van der Waals surface area contributed by atoms with Crippen LogP contribution in [0.25, 0.3) is 0 Å². The second-order valence-corrected chi connectivity index (χ2v) is 5.51. The van der Waals surface area contributed by atoms with Gasteiger partial charge in [-0.3, -0.25) is 9.59 Å². The molecule has 2 rings (SSSR count). The first-order valence-electron chi connectivity index (χ1n) is 6.77. The van der Waals surface area contributed by atoms with Gasteiger partial charge in [0.2, 0.25) is 5.91 Å². The fourth-order valence-corrected chi connectivity index (χ4v) is 2.47. The Balaban J connectivity index is 2.28. The molecule has 0 saturated carbocycles. The summed E-state index contributed by atoms with van der Waals surface area (Å²) in [6, 6.07) is -0.478. The molecule has 1 atom stereocenters. The number of imidazole rings is 1. The molecule has 0 bridgehead atoms. The molecule has 1 aliphatic rings. The third-order valence-electron chi connectivity index (χ3n) is 3.41. The molecule has 1 saturated heterocycles. The van der Waals surface area contributed by atoms with Crippen LogP contribution < -0.4 is 11.0 Å². The molecule has 7 nitrogen and oxygen atoms in total. The highest BCUT2D eigenvalue weighted by molar-refractivity contribution is 5.97. The Morgan fingerprint density at radius 2 is 2.05 bits per heavy atom. The summed E-state index contributed by atoms with van der Waals surface area (Å²) in [5.74, 6) is -0.138. The first-order valence-corrected chi connectivity index (χ1v) is 6.77. The third kappa shape index (κ3) is 2.76. The SMILES string of the molecule is Cc1[nH]c(=O)[nH]c1C(=O)N1CCNC(=O)[C@@H]1CC(C)C. The fourth-order valence-electron chi connectivity index (χ4n) is 2.47. The predicted molar refractivity (Wildman–Crippen MR) is 73.4 cm³/mol. The average molecular weight is 280 g/mol. The lowest BCUT2D eigenvalue weighted by atomic mass is 9.99. The Hall–Kier alpha value is -2.05. The molecule has 0 radical (unpaired) electrons. The maximum atomic E-state index is 12.5. The molecular formula is C13H20N4O3. The lowest BCUT2D eigenvalue weighted by Crippen LogP contribution is -2.57. The summed E-state index contributed by atoms with van der Waals surface area (Å²) in [6.07, 6.45) is 0.602. The van der Waals surface area contributed by atoms with Crippen LogP contribution in [-0.4, -0.2) is 45.8 Å². The van der Waals surface area contributed by atoms with Crippen molar-refractivity contribution in [1.29, 1.82) is 0 Å². The van der Waals surface area contributed by atoms with E-state index < -0.39 is 11.7 Å². The Morgan fingerprint density at radius 1 is 1.35 bits per heavy atom. The molecule has 1 aromatic heterocycles. The van der Waals surface area contributed by atoms with Gasteiger partial charge in [0.25, 0.3) is 5.91 Å². The molecule has 0 unspecified atom stereocenters. The number of hydrogen-bond acceptors (Lipinski definition) is 3. The van der Waals surface area contributed by atoms with Crippen LogP contribution in [0.1, 0.15) is 36.5 Å². The van der Waals surface area contributed by atoms with Crippen LogP contribution in [0.4, 0.5) is 0 Å². The number of rotatable bonds is 3. The van der Waals surface area contributed by atoms with Gasteiger partial charge < -0.3 is 20.2 Å². The number of H-pyrrole nitrogens is 2. The maximum Gasteiger partial charge on any atom is 0.323 e. The summed E-state index contributed by atoms with van der Waals surface area (Å²) >= 11 is 0. The maximum absolute atomic E-state index is 12.5. The van der Waals surface area contributed by atoms with E-state index in [4.69, 9.17) is 0 Å². The molecule has 0 spiro atoms. The standard InChI is InChI=1S/C13H20N4O3/c1-7(2)6-9-11(18)14-4-5-17(9)12(19)10-8(3)15-13(20)16-10/h7,9H,4-6H2,1-3H3,(H,14,18)(H2,15,16,20)/t9-/m0/s1. The van der Waals surface area contributed by atoms with Crippen molar-refractivity contribution in [2.75, 3.05) is 13.1 Å². The van der Waals surface area contributed by atoms with E-state index in [0.29, 0.717) is 31.1 Å². The van der Waals surface area contributed by atoms with Crippen LogP contribution in [0.15, 0.2) is 4.79 Å². The van der Waals surface area contributed by atoms with Crippen LogP contribution in [0.3, 0.4) is 0 Å². The summed E-state index contributed by atoms with van der Waals surface area (Å²) in [5, 5.41) is 2.78. The average Bonchev–Trinajstić information content (AvgIpc) is 2.70. The molecule has 1 fully saturated rings. The Labute approximate surface area is 116 Å². The van der Waals surface area contributed by atoms with Gasteiger partial charge in [-0.1, -0.05) is 13.8 Å². The summed E-state index contributed by atoms with van der Waals surface area (Å²) in [5.41, 5.74) is 0.320. The zero-order valence-electron chi connectivity index (χ0n) is 11.9. The van der Waals surface area contributed by atoms with Crippen molar-refractivity contribution in [3.05, 3.63) is 21.9 Å². The number of amides is 2. The van der Waals surface area contributed by atoms with Crippen molar-refractivity contribution in [2.45, 2.75) is 33.2 Å². The lowest BCUT2D eigenvalue weighted by Gasteiger charge is -2.35. The van der Waals surface area contributed by atoms with Gasteiger partial charge in [-0.05, 0) is 19.3 Å². The van der Waals surface area contributed by atoms with Crippen molar-refractivity contribution in [3.63, 3.8) is 0 Å². The molecule has 2 heterocycles. The van der Waals surface area contributed by atoms with Crippen LogP contribution in [0.5, 0.6) is 0 Å². The minimum atomic E-state index is -0.478. The van der Waals surface area contributed by atoms with Gasteiger partial charge in [-0.25, -0.2) is 4.79 Å². The van der Waals surface area contributed by atoms with E-state index in [2.05, 4.69) is 15.3 Å². The van der Waals surface area contributed by atoms with Crippen molar-refractivity contribution in [2.24, 2.45) is 5.92 Å². The number of nitrogens with zero attached hydrogens (tertiary/aromatic N) is 1. The van der Waals surface area contributed by atoms with Crippen LogP contribution in [0, 0.1) is 12.8 Å².